The van der Waals surface area contributed by atoms with E-state index < -0.39 is 0 Å². The number of hydrogen-bond donors (Lipinski definition) is 1. The van der Waals surface area contributed by atoms with Gasteiger partial charge in [0.15, 0.2) is 0 Å². The van der Waals surface area contributed by atoms with Crippen molar-refractivity contribution < 1.29 is 5.11 Å². The van der Waals surface area contributed by atoms with Crippen molar-refractivity contribution in [3.8, 4) is 0 Å². The zero-order valence-corrected chi connectivity index (χ0v) is 8.54. The van der Waals surface area contributed by atoms with E-state index in [1.165, 1.54) is 10.9 Å². The molecular weight excluding hydrogens is 167 g/mol. The van der Waals surface area contributed by atoms with Gasteiger partial charge in [-0.3, -0.25) is 0 Å². The average molecular weight is 182 g/mol. The Labute approximate surface area is 75.6 Å². The van der Waals surface area contributed by atoms with Crippen LogP contribution in [0.4, 0.5) is 0 Å². The molecule has 1 rings (SSSR count). The number of hydrogen-bond acceptors (Lipinski definition) is 1. The summed E-state index contributed by atoms with van der Waals surface area (Å²) < 4.78 is 0. The van der Waals surface area contributed by atoms with E-state index in [-0.39, 0.29) is 6.10 Å². The predicted octanol–water partition coefficient (Wildman–Crippen LogP) is 1.68. The fourth-order valence-electron chi connectivity index (χ4n) is 1.03. The molecule has 0 heterocycles. The molecule has 1 aromatic carbocycles. The molecule has 1 N–H and O–H groups in total. The van der Waals surface area contributed by atoms with Crippen molar-refractivity contribution in [2.75, 3.05) is 6.16 Å². The Morgan fingerprint density at radius 1 is 1.42 bits per heavy atom. The van der Waals surface area contributed by atoms with Crippen LogP contribution in [0.1, 0.15) is 12.5 Å². The molecule has 0 radical (unpaired) electrons. The first-order valence-corrected chi connectivity index (χ1v) is 5.38. The molecule has 1 aromatic rings. The van der Waals surface area contributed by atoms with Crippen LogP contribution in [0.5, 0.6) is 0 Å². The third-order valence-corrected chi connectivity index (χ3v) is 3.47. The number of rotatable bonds is 3. The zero-order valence-electron chi connectivity index (χ0n) is 7.54. The molecule has 0 bridgehead atoms. The van der Waals surface area contributed by atoms with Crippen LogP contribution in [0.3, 0.4) is 0 Å². The number of aliphatic hydroxyl groups is 1. The third-order valence-electron chi connectivity index (χ3n) is 1.73. The molecular formula is C10H15OP. The molecule has 1 nitrogen and oxygen atoms in total. The predicted molar refractivity (Wildman–Crippen MR) is 55.7 cm³/mol. The summed E-state index contributed by atoms with van der Waals surface area (Å²) in [6.07, 6.45) is 0.702. The lowest BCUT2D eigenvalue weighted by atomic mass is 10.2. The van der Waals surface area contributed by atoms with E-state index in [4.69, 9.17) is 5.11 Å². The summed E-state index contributed by atoms with van der Waals surface area (Å²) in [4.78, 5) is 0. The van der Waals surface area contributed by atoms with Crippen molar-refractivity contribution in [2.45, 2.75) is 20.0 Å². The summed E-state index contributed by atoms with van der Waals surface area (Å²) in [5, 5.41) is 10.5. The van der Waals surface area contributed by atoms with Crippen molar-refractivity contribution in [2.24, 2.45) is 0 Å². The summed E-state index contributed by atoms with van der Waals surface area (Å²) in [7, 11) is 0.734. The van der Waals surface area contributed by atoms with Gasteiger partial charge in [0.2, 0.25) is 0 Å². The molecule has 0 aromatic heterocycles. The Balaban J connectivity index is 2.57. The van der Waals surface area contributed by atoms with E-state index in [9.17, 15) is 0 Å². The molecule has 0 spiro atoms. The Morgan fingerprint density at radius 3 is 2.67 bits per heavy atom. The highest BCUT2D eigenvalue weighted by atomic mass is 31.1. The molecule has 0 saturated heterocycles. The fourth-order valence-corrected chi connectivity index (χ4v) is 2.12. The highest BCUT2D eigenvalue weighted by molar-refractivity contribution is 7.47. The third kappa shape index (κ3) is 2.92. The van der Waals surface area contributed by atoms with Gasteiger partial charge >= 0.3 is 0 Å². The van der Waals surface area contributed by atoms with Crippen LogP contribution in [0.15, 0.2) is 24.3 Å². The first kappa shape index (κ1) is 9.70. The van der Waals surface area contributed by atoms with Crippen LogP contribution < -0.4 is 5.30 Å². The molecule has 12 heavy (non-hydrogen) atoms. The van der Waals surface area contributed by atoms with Crippen LogP contribution in [0.2, 0.25) is 0 Å². The first-order valence-electron chi connectivity index (χ1n) is 4.17. The largest absolute Gasteiger partial charge is 0.393 e. The Morgan fingerprint density at radius 2 is 2.08 bits per heavy atom. The molecule has 2 heteroatoms. The van der Waals surface area contributed by atoms with Gasteiger partial charge in [-0.25, -0.2) is 0 Å². The van der Waals surface area contributed by atoms with Gasteiger partial charge in [-0.15, -0.1) is 0 Å². The second-order valence-electron chi connectivity index (χ2n) is 3.04. The van der Waals surface area contributed by atoms with Crippen molar-refractivity contribution in [3.05, 3.63) is 29.8 Å². The molecule has 66 valence electrons. The number of aryl methyl sites for hydroxylation is 1. The minimum absolute atomic E-state index is 0.178. The van der Waals surface area contributed by atoms with Gasteiger partial charge in [0.1, 0.15) is 0 Å². The maximum Gasteiger partial charge on any atom is 0.0551 e. The Kier molecular flexibility index (Phi) is 3.71. The maximum absolute atomic E-state index is 9.11. The quantitative estimate of drug-likeness (QED) is 0.705. The number of benzene rings is 1. The zero-order chi connectivity index (χ0) is 8.97. The van der Waals surface area contributed by atoms with Gasteiger partial charge in [0, 0.05) is 0 Å². The van der Waals surface area contributed by atoms with Crippen LogP contribution in [-0.2, 0) is 0 Å². The van der Waals surface area contributed by atoms with E-state index in [0.717, 1.165) is 14.7 Å². The fraction of sp³-hybridized carbons (Fsp3) is 0.400. The second-order valence-corrected chi connectivity index (χ2v) is 4.35. The van der Waals surface area contributed by atoms with Crippen molar-refractivity contribution in [1.29, 1.82) is 0 Å². The molecule has 2 unspecified atom stereocenters. The lowest BCUT2D eigenvalue weighted by Crippen LogP contribution is -2.07. The lowest BCUT2D eigenvalue weighted by Gasteiger charge is -2.06. The van der Waals surface area contributed by atoms with Gasteiger partial charge < -0.3 is 5.11 Å². The molecule has 0 saturated carbocycles. The summed E-state index contributed by atoms with van der Waals surface area (Å²) in [6.45, 7) is 3.95. The molecule has 0 aliphatic heterocycles. The van der Waals surface area contributed by atoms with E-state index in [0.29, 0.717) is 0 Å². The van der Waals surface area contributed by atoms with Crippen molar-refractivity contribution in [3.63, 3.8) is 0 Å². The molecule has 0 aliphatic carbocycles. The van der Waals surface area contributed by atoms with Crippen molar-refractivity contribution >= 4 is 13.9 Å². The minimum atomic E-state index is -0.178. The maximum atomic E-state index is 9.11. The van der Waals surface area contributed by atoms with E-state index in [1.54, 1.807) is 0 Å². The SMILES string of the molecule is Cc1ccccc1PCC(C)O. The summed E-state index contributed by atoms with van der Waals surface area (Å²) in [5.41, 5.74) is 1.33. The highest BCUT2D eigenvalue weighted by Gasteiger charge is 1.99. The van der Waals surface area contributed by atoms with Crippen LogP contribution >= 0.6 is 8.58 Å². The summed E-state index contributed by atoms with van der Waals surface area (Å²) in [6, 6.07) is 8.35. The van der Waals surface area contributed by atoms with Gasteiger partial charge in [-0.05, 0) is 30.9 Å². The Bertz CT molecular complexity index is 245. The topological polar surface area (TPSA) is 20.2 Å². The van der Waals surface area contributed by atoms with Gasteiger partial charge in [0.05, 0.1) is 6.10 Å². The lowest BCUT2D eigenvalue weighted by molar-refractivity contribution is 0.220. The molecule has 0 amide bonds. The van der Waals surface area contributed by atoms with Gasteiger partial charge in [-0.1, -0.05) is 32.8 Å². The van der Waals surface area contributed by atoms with E-state index >= 15 is 0 Å². The summed E-state index contributed by atoms with van der Waals surface area (Å²) >= 11 is 0. The van der Waals surface area contributed by atoms with Crippen LogP contribution in [0.25, 0.3) is 0 Å². The van der Waals surface area contributed by atoms with Crippen LogP contribution in [-0.4, -0.2) is 17.4 Å². The van der Waals surface area contributed by atoms with Crippen LogP contribution in [0, 0.1) is 6.92 Å². The van der Waals surface area contributed by atoms with Gasteiger partial charge in [-0.2, -0.15) is 0 Å². The normalized spacial score (nSPS) is 13.9. The molecule has 2 atom stereocenters. The smallest absolute Gasteiger partial charge is 0.0551 e. The molecule has 0 fully saturated rings. The minimum Gasteiger partial charge on any atom is -0.393 e. The first-order chi connectivity index (χ1) is 5.70. The second kappa shape index (κ2) is 4.59. The van der Waals surface area contributed by atoms with Gasteiger partial charge in [0.25, 0.3) is 0 Å². The molecule has 0 aliphatic rings. The average Bonchev–Trinajstić information content (AvgIpc) is 2.03. The standard InChI is InChI=1S/C10H15OP/c1-8-5-3-4-6-10(8)12-7-9(2)11/h3-6,9,11-12H,7H2,1-2H3. The summed E-state index contributed by atoms with van der Waals surface area (Å²) in [5.74, 6) is 0. The highest BCUT2D eigenvalue weighted by Crippen LogP contribution is 2.13. The monoisotopic (exact) mass is 182 g/mol. The van der Waals surface area contributed by atoms with E-state index in [2.05, 4.69) is 25.1 Å². The Hall–Kier alpha value is -0.390. The van der Waals surface area contributed by atoms with E-state index in [1.807, 2.05) is 13.0 Å². The van der Waals surface area contributed by atoms with Crippen molar-refractivity contribution in [1.82, 2.24) is 0 Å². The number of aliphatic hydroxyl groups excluding tert-OH is 1.